The molecule has 1 aromatic rings. The van der Waals surface area contributed by atoms with E-state index in [0.717, 1.165) is 44.5 Å². The van der Waals surface area contributed by atoms with Gasteiger partial charge in [-0.05, 0) is 50.4 Å². The Morgan fingerprint density at radius 1 is 1.30 bits per heavy atom. The zero-order valence-electron chi connectivity index (χ0n) is 12.9. The number of amides is 1. The van der Waals surface area contributed by atoms with E-state index in [2.05, 4.69) is 49.3 Å². The Balaban J connectivity index is 2.14. The number of carbonyl (C=O) groups is 1. The SMILES string of the molecule is CCc1cccc(CC)c1NC(=O)C1CCCN(C)C1. The number of nitrogens with one attached hydrogen (secondary N) is 1. The molecule has 1 N–H and O–H groups in total. The average molecular weight is 274 g/mol. The maximum atomic E-state index is 12.5. The van der Waals surface area contributed by atoms with Gasteiger partial charge in [0.1, 0.15) is 0 Å². The second kappa shape index (κ2) is 6.89. The van der Waals surface area contributed by atoms with Gasteiger partial charge in [0.15, 0.2) is 0 Å². The molecule has 0 aromatic heterocycles. The van der Waals surface area contributed by atoms with Crippen molar-refractivity contribution >= 4 is 11.6 Å². The number of hydrogen-bond donors (Lipinski definition) is 1. The topological polar surface area (TPSA) is 32.3 Å². The molecule has 3 nitrogen and oxygen atoms in total. The summed E-state index contributed by atoms with van der Waals surface area (Å²) in [6, 6.07) is 6.31. The molecule has 1 saturated heterocycles. The van der Waals surface area contributed by atoms with Crippen LogP contribution in [0.5, 0.6) is 0 Å². The average Bonchev–Trinajstić information content (AvgIpc) is 2.47. The van der Waals surface area contributed by atoms with Gasteiger partial charge in [-0.3, -0.25) is 4.79 Å². The minimum atomic E-state index is 0.128. The van der Waals surface area contributed by atoms with E-state index in [-0.39, 0.29) is 11.8 Å². The van der Waals surface area contributed by atoms with E-state index in [1.54, 1.807) is 0 Å². The van der Waals surface area contributed by atoms with E-state index in [9.17, 15) is 4.79 Å². The number of likely N-dealkylation sites (tertiary alicyclic amines) is 1. The lowest BCUT2D eigenvalue weighted by Crippen LogP contribution is -2.38. The second-order valence-corrected chi connectivity index (χ2v) is 5.75. The maximum Gasteiger partial charge on any atom is 0.228 e. The normalized spacial score (nSPS) is 19.9. The van der Waals surface area contributed by atoms with Crippen molar-refractivity contribution in [2.75, 3.05) is 25.5 Å². The van der Waals surface area contributed by atoms with Crippen molar-refractivity contribution < 1.29 is 4.79 Å². The Morgan fingerprint density at radius 2 is 1.95 bits per heavy atom. The monoisotopic (exact) mass is 274 g/mol. The summed E-state index contributed by atoms with van der Waals surface area (Å²) in [7, 11) is 2.09. The standard InChI is InChI=1S/C17H26N2O/c1-4-13-8-6-9-14(5-2)16(13)18-17(20)15-10-7-11-19(3)12-15/h6,8-9,15H,4-5,7,10-12H2,1-3H3,(H,18,20). The van der Waals surface area contributed by atoms with Crippen molar-refractivity contribution in [3.63, 3.8) is 0 Å². The highest BCUT2D eigenvalue weighted by Crippen LogP contribution is 2.24. The van der Waals surface area contributed by atoms with E-state index in [1.165, 1.54) is 11.1 Å². The molecule has 1 aromatic carbocycles. The first-order valence-corrected chi connectivity index (χ1v) is 7.75. The van der Waals surface area contributed by atoms with Crippen LogP contribution in [-0.2, 0) is 17.6 Å². The highest BCUT2D eigenvalue weighted by Gasteiger charge is 2.24. The summed E-state index contributed by atoms with van der Waals surface area (Å²) in [6.07, 6.45) is 4.03. The van der Waals surface area contributed by atoms with Gasteiger partial charge in [-0.2, -0.15) is 0 Å². The molecule has 2 rings (SSSR count). The number of aryl methyl sites for hydroxylation is 2. The number of anilines is 1. The lowest BCUT2D eigenvalue weighted by molar-refractivity contribution is -0.121. The van der Waals surface area contributed by atoms with Gasteiger partial charge in [0, 0.05) is 12.2 Å². The maximum absolute atomic E-state index is 12.5. The van der Waals surface area contributed by atoms with Gasteiger partial charge in [-0.1, -0.05) is 32.0 Å². The van der Waals surface area contributed by atoms with Crippen LogP contribution in [0.15, 0.2) is 18.2 Å². The van der Waals surface area contributed by atoms with E-state index in [0.29, 0.717) is 0 Å². The molecule has 1 unspecified atom stereocenters. The molecule has 1 atom stereocenters. The largest absolute Gasteiger partial charge is 0.325 e. The van der Waals surface area contributed by atoms with Crippen LogP contribution in [0.25, 0.3) is 0 Å². The highest BCUT2D eigenvalue weighted by molar-refractivity contribution is 5.94. The quantitative estimate of drug-likeness (QED) is 0.915. The van der Waals surface area contributed by atoms with Crippen LogP contribution in [-0.4, -0.2) is 30.9 Å². The number of carbonyl (C=O) groups excluding carboxylic acids is 1. The lowest BCUT2D eigenvalue weighted by atomic mass is 9.96. The number of para-hydroxylation sites is 1. The predicted molar refractivity (Wildman–Crippen MR) is 84.0 cm³/mol. The number of hydrogen-bond acceptors (Lipinski definition) is 2. The van der Waals surface area contributed by atoms with Crippen LogP contribution >= 0.6 is 0 Å². The smallest absolute Gasteiger partial charge is 0.228 e. The second-order valence-electron chi connectivity index (χ2n) is 5.75. The van der Waals surface area contributed by atoms with Gasteiger partial charge in [0.05, 0.1) is 5.92 Å². The zero-order chi connectivity index (χ0) is 14.5. The van der Waals surface area contributed by atoms with Crippen LogP contribution in [0.1, 0.15) is 37.8 Å². The zero-order valence-corrected chi connectivity index (χ0v) is 12.9. The molecule has 1 aliphatic heterocycles. The van der Waals surface area contributed by atoms with Crippen molar-refractivity contribution in [3.05, 3.63) is 29.3 Å². The van der Waals surface area contributed by atoms with Crippen LogP contribution in [0.4, 0.5) is 5.69 Å². The van der Waals surface area contributed by atoms with Crippen LogP contribution in [0.2, 0.25) is 0 Å². The van der Waals surface area contributed by atoms with E-state index in [4.69, 9.17) is 0 Å². The molecule has 1 heterocycles. The number of benzene rings is 1. The Morgan fingerprint density at radius 3 is 2.50 bits per heavy atom. The Kier molecular flexibility index (Phi) is 5.18. The number of piperidine rings is 1. The third-order valence-corrected chi connectivity index (χ3v) is 4.24. The van der Waals surface area contributed by atoms with Crippen molar-refractivity contribution in [2.24, 2.45) is 5.92 Å². The van der Waals surface area contributed by atoms with E-state index < -0.39 is 0 Å². The Hall–Kier alpha value is -1.35. The highest BCUT2D eigenvalue weighted by atomic mass is 16.1. The van der Waals surface area contributed by atoms with Crippen molar-refractivity contribution in [3.8, 4) is 0 Å². The first-order valence-electron chi connectivity index (χ1n) is 7.75. The van der Waals surface area contributed by atoms with Gasteiger partial charge >= 0.3 is 0 Å². The fraction of sp³-hybridized carbons (Fsp3) is 0.588. The summed E-state index contributed by atoms with van der Waals surface area (Å²) in [5.74, 6) is 0.315. The molecule has 1 amide bonds. The molecule has 110 valence electrons. The van der Waals surface area contributed by atoms with Gasteiger partial charge in [-0.25, -0.2) is 0 Å². The van der Waals surface area contributed by atoms with Crippen LogP contribution in [0.3, 0.4) is 0 Å². The lowest BCUT2D eigenvalue weighted by Gasteiger charge is -2.29. The summed E-state index contributed by atoms with van der Waals surface area (Å²) in [4.78, 5) is 14.8. The molecular weight excluding hydrogens is 248 g/mol. The first-order chi connectivity index (χ1) is 9.65. The Bertz CT molecular complexity index is 448. The molecule has 0 saturated carbocycles. The molecular formula is C17H26N2O. The first kappa shape index (κ1) is 15.0. The van der Waals surface area contributed by atoms with Crippen molar-refractivity contribution in [2.45, 2.75) is 39.5 Å². The molecule has 0 spiro atoms. The molecule has 1 fully saturated rings. The molecule has 20 heavy (non-hydrogen) atoms. The summed E-state index contributed by atoms with van der Waals surface area (Å²) >= 11 is 0. The summed E-state index contributed by atoms with van der Waals surface area (Å²) < 4.78 is 0. The number of rotatable bonds is 4. The third-order valence-electron chi connectivity index (χ3n) is 4.24. The third kappa shape index (κ3) is 3.40. The van der Waals surface area contributed by atoms with Gasteiger partial charge in [-0.15, -0.1) is 0 Å². The van der Waals surface area contributed by atoms with Gasteiger partial charge in [0.25, 0.3) is 0 Å². The summed E-state index contributed by atoms with van der Waals surface area (Å²) in [6.45, 7) is 6.26. The molecule has 0 bridgehead atoms. The summed E-state index contributed by atoms with van der Waals surface area (Å²) in [5, 5.41) is 3.21. The minimum absolute atomic E-state index is 0.128. The van der Waals surface area contributed by atoms with Gasteiger partial charge in [0.2, 0.25) is 5.91 Å². The fourth-order valence-corrected chi connectivity index (χ4v) is 3.01. The Labute approximate surface area is 122 Å². The van der Waals surface area contributed by atoms with E-state index >= 15 is 0 Å². The van der Waals surface area contributed by atoms with Crippen LogP contribution < -0.4 is 5.32 Å². The van der Waals surface area contributed by atoms with Gasteiger partial charge < -0.3 is 10.2 Å². The molecule has 0 radical (unpaired) electrons. The molecule has 0 aliphatic carbocycles. The minimum Gasteiger partial charge on any atom is -0.325 e. The van der Waals surface area contributed by atoms with E-state index in [1.807, 2.05) is 0 Å². The summed E-state index contributed by atoms with van der Waals surface area (Å²) in [5.41, 5.74) is 3.53. The fourth-order valence-electron chi connectivity index (χ4n) is 3.01. The number of nitrogens with zero attached hydrogens (tertiary/aromatic N) is 1. The van der Waals surface area contributed by atoms with Crippen molar-refractivity contribution in [1.29, 1.82) is 0 Å². The molecule has 1 aliphatic rings. The molecule has 3 heteroatoms. The van der Waals surface area contributed by atoms with Crippen molar-refractivity contribution in [1.82, 2.24) is 4.90 Å². The predicted octanol–water partition coefficient (Wildman–Crippen LogP) is 3.09. The van der Waals surface area contributed by atoms with Crippen LogP contribution in [0, 0.1) is 5.92 Å².